The molecule has 2 unspecified atom stereocenters. The third kappa shape index (κ3) is 3.93. The van der Waals surface area contributed by atoms with Gasteiger partial charge in [0.2, 0.25) is 0 Å². The lowest BCUT2D eigenvalue weighted by Gasteiger charge is -2.23. The predicted octanol–water partition coefficient (Wildman–Crippen LogP) is 3.01. The molecule has 0 saturated heterocycles. The van der Waals surface area contributed by atoms with Gasteiger partial charge in [-0.1, -0.05) is 12.1 Å². The van der Waals surface area contributed by atoms with E-state index in [1.165, 1.54) is 6.07 Å². The van der Waals surface area contributed by atoms with Crippen LogP contribution in [0.4, 0.5) is 4.39 Å². The molecule has 0 aliphatic heterocycles. The summed E-state index contributed by atoms with van der Waals surface area (Å²) >= 11 is 0. The molecule has 2 N–H and O–H groups in total. The highest BCUT2D eigenvalue weighted by molar-refractivity contribution is 5.35. The SMILES string of the molecule is CC(C)(C)NCc1cccc(F)c1OC1CCCC1O. The van der Waals surface area contributed by atoms with E-state index in [4.69, 9.17) is 4.74 Å². The minimum Gasteiger partial charge on any atom is -0.484 e. The van der Waals surface area contributed by atoms with Gasteiger partial charge < -0.3 is 15.2 Å². The van der Waals surface area contributed by atoms with E-state index in [9.17, 15) is 9.50 Å². The van der Waals surface area contributed by atoms with Crippen LogP contribution in [0.3, 0.4) is 0 Å². The first-order chi connectivity index (χ1) is 9.37. The number of aliphatic hydroxyl groups is 1. The Labute approximate surface area is 120 Å². The molecule has 1 saturated carbocycles. The number of hydrogen-bond acceptors (Lipinski definition) is 3. The summed E-state index contributed by atoms with van der Waals surface area (Å²) in [6.07, 6.45) is 1.66. The number of aliphatic hydroxyl groups excluding tert-OH is 1. The molecule has 0 bridgehead atoms. The topological polar surface area (TPSA) is 41.5 Å². The molecule has 2 atom stereocenters. The smallest absolute Gasteiger partial charge is 0.165 e. The number of halogens is 1. The molecule has 1 aromatic rings. The molecule has 1 fully saturated rings. The predicted molar refractivity (Wildman–Crippen MR) is 77.3 cm³/mol. The molecule has 2 rings (SSSR count). The van der Waals surface area contributed by atoms with Gasteiger partial charge in [0, 0.05) is 17.6 Å². The van der Waals surface area contributed by atoms with Crippen molar-refractivity contribution in [2.24, 2.45) is 0 Å². The molecule has 0 heterocycles. The Hall–Kier alpha value is -1.13. The number of ether oxygens (including phenoxy) is 1. The normalized spacial score (nSPS) is 23.1. The van der Waals surface area contributed by atoms with E-state index in [-0.39, 0.29) is 23.2 Å². The van der Waals surface area contributed by atoms with Crippen molar-refractivity contribution in [1.82, 2.24) is 5.32 Å². The van der Waals surface area contributed by atoms with Gasteiger partial charge >= 0.3 is 0 Å². The van der Waals surface area contributed by atoms with Gasteiger partial charge in [-0.05, 0) is 46.1 Å². The number of para-hydroxylation sites is 1. The van der Waals surface area contributed by atoms with E-state index in [0.717, 1.165) is 24.8 Å². The largest absolute Gasteiger partial charge is 0.484 e. The molecule has 0 radical (unpaired) electrons. The van der Waals surface area contributed by atoms with Crippen molar-refractivity contribution in [3.63, 3.8) is 0 Å². The maximum atomic E-state index is 14.0. The molecular weight excluding hydrogens is 257 g/mol. The number of rotatable bonds is 4. The maximum Gasteiger partial charge on any atom is 0.165 e. The van der Waals surface area contributed by atoms with E-state index < -0.39 is 6.10 Å². The van der Waals surface area contributed by atoms with Crippen molar-refractivity contribution in [3.05, 3.63) is 29.6 Å². The lowest BCUT2D eigenvalue weighted by molar-refractivity contribution is 0.0570. The Bertz CT molecular complexity index is 456. The minimum absolute atomic E-state index is 0.0452. The van der Waals surface area contributed by atoms with Crippen LogP contribution in [0.2, 0.25) is 0 Å². The van der Waals surface area contributed by atoms with Gasteiger partial charge in [-0.15, -0.1) is 0 Å². The monoisotopic (exact) mass is 281 g/mol. The molecule has 1 aliphatic carbocycles. The second kappa shape index (κ2) is 6.10. The first-order valence-electron chi connectivity index (χ1n) is 7.24. The molecule has 4 heteroatoms. The van der Waals surface area contributed by atoms with E-state index >= 15 is 0 Å². The second-order valence-corrected chi connectivity index (χ2v) is 6.49. The lowest BCUT2D eigenvalue weighted by atomic mass is 10.1. The van der Waals surface area contributed by atoms with Gasteiger partial charge in [0.25, 0.3) is 0 Å². The van der Waals surface area contributed by atoms with Crippen LogP contribution in [0.5, 0.6) is 5.75 Å². The first-order valence-corrected chi connectivity index (χ1v) is 7.24. The number of hydrogen-bond donors (Lipinski definition) is 2. The lowest BCUT2D eigenvalue weighted by Crippen LogP contribution is -2.35. The van der Waals surface area contributed by atoms with Crippen LogP contribution in [0.1, 0.15) is 45.6 Å². The molecule has 20 heavy (non-hydrogen) atoms. The third-order valence-electron chi connectivity index (χ3n) is 3.54. The molecule has 3 nitrogen and oxygen atoms in total. The van der Waals surface area contributed by atoms with Crippen LogP contribution in [0.25, 0.3) is 0 Å². The zero-order valence-corrected chi connectivity index (χ0v) is 12.4. The Morgan fingerprint density at radius 2 is 2.10 bits per heavy atom. The summed E-state index contributed by atoms with van der Waals surface area (Å²) in [6, 6.07) is 4.95. The Kier molecular flexibility index (Phi) is 4.66. The van der Waals surface area contributed by atoms with Gasteiger partial charge in [-0.25, -0.2) is 4.39 Å². The zero-order valence-electron chi connectivity index (χ0n) is 12.4. The van der Waals surface area contributed by atoms with Crippen molar-refractivity contribution >= 4 is 0 Å². The summed E-state index contributed by atoms with van der Waals surface area (Å²) in [5.41, 5.74) is 0.746. The highest BCUT2D eigenvalue weighted by atomic mass is 19.1. The summed E-state index contributed by atoms with van der Waals surface area (Å²) in [5.74, 6) is -0.0903. The summed E-state index contributed by atoms with van der Waals surface area (Å²) in [6.45, 7) is 6.73. The number of nitrogens with one attached hydrogen (secondary N) is 1. The van der Waals surface area contributed by atoms with E-state index in [2.05, 4.69) is 26.1 Å². The fraction of sp³-hybridized carbons (Fsp3) is 0.625. The molecule has 0 spiro atoms. The Morgan fingerprint density at radius 1 is 1.35 bits per heavy atom. The van der Waals surface area contributed by atoms with Gasteiger partial charge in [0.1, 0.15) is 6.10 Å². The molecule has 1 aliphatic rings. The van der Waals surface area contributed by atoms with Crippen LogP contribution in [-0.2, 0) is 6.54 Å². The Balaban J connectivity index is 2.13. The average Bonchev–Trinajstić information content (AvgIpc) is 2.75. The fourth-order valence-corrected chi connectivity index (χ4v) is 2.38. The standard InChI is InChI=1S/C16H24FNO2/c1-16(2,3)18-10-11-6-4-7-12(17)15(11)20-14-9-5-8-13(14)19/h4,6-7,13-14,18-19H,5,8-10H2,1-3H3. The van der Waals surface area contributed by atoms with Gasteiger partial charge in [0.15, 0.2) is 11.6 Å². The average molecular weight is 281 g/mol. The first kappa shape index (κ1) is 15.3. The van der Waals surface area contributed by atoms with E-state index in [1.807, 2.05) is 6.07 Å². The van der Waals surface area contributed by atoms with Crippen molar-refractivity contribution in [1.29, 1.82) is 0 Å². The van der Waals surface area contributed by atoms with Crippen LogP contribution in [-0.4, -0.2) is 22.9 Å². The second-order valence-electron chi connectivity index (χ2n) is 6.49. The van der Waals surface area contributed by atoms with Crippen LogP contribution in [0.15, 0.2) is 18.2 Å². The highest BCUT2D eigenvalue weighted by Gasteiger charge is 2.28. The summed E-state index contributed by atoms with van der Waals surface area (Å²) in [7, 11) is 0. The van der Waals surface area contributed by atoms with Crippen LogP contribution >= 0.6 is 0 Å². The molecule has 112 valence electrons. The van der Waals surface area contributed by atoms with Crippen LogP contribution < -0.4 is 10.1 Å². The summed E-state index contributed by atoms with van der Waals surface area (Å²) in [5, 5.41) is 13.2. The van der Waals surface area contributed by atoms with Gasteiger partial charge in [-0.2, -0.15) is 0 Å². The quantitative estimate of drug-likeness (QED) is 0.891. The third-order valence-corrected chi connectivity index (χ3v) is 3.54. The van der Waals surface area contributed by atoms with Crippen molar-refractivity contribution in [2.75, 3.05) is 0 Å². The summed E-state index contributed by atoms with van der Waals surface area (Å²) < 4.78 is 19.8. The summed E-state index contributed by atoms with van der Waals surface area (Å²) in [4.78, 5) is 0. The van der Waals surface area contributed by atoms with E-state index in [1.54, 1.807) is 6.07 Å². The maximum absolute atomic E-state index is 14.0. The van der Waals surface area contributed by atoms with E-state index in [0.29, 0.717) is 6.54 Å². The van der Waals surface area contributed by atoms with Crippen molar-refractivity contribution < 1.29 is 14.2 Å². The van der Waals surface area contributed by atoms with Crippen LogP contribution in [0, 0.1) is 5.82 Å². The van der Waals surface area contributed by atoms with Crippen molar-refractivity contribution in [3.8, 4) is 5.75 Å². The molecule has 0 aromatic heterocycles. The highest BCUT2D eigenvalue weighted by Crippen LogP contribution is 2.29. The fourth-order valence-electron chi connectivity index (χ4n) is 2.38. The molecule has 1 aromatic carbocycles. The van der Waals surface area contributed by atoms with Crippen molar-refractivity contribution in [2.45, 2.75) is 64.3 Å². The van der Waals surface area contributed by atoms with Gasteiger partial charge in [-0.3, -0.25) is 0 Å². The van der Waals surface area contributed by atoms with Gasteiger partial charge in [0.05, 0.1) is 6.10 Å². The zero-order chi connectivity index (χ0) is 14.8. The number of benzene rings is 1. The molecule has 0 amide bonds. The minimum atomic E-state index is -0.488. The molecular formula is C16H24FNO2. The Morgan fingerprint density at radius 3 is 2.70 bits per heavy atom.